The van der Waals surface area contributed by atoms with Crippen molar-refractivity contribution in [1.82, 2.24) is 14.5 Å². The van der Waals surface area contributed by atoms with E-state index >= 15 is 0 Å². The van der Waals surface area contributed by atoms with Gasteiger partial charge in [-0.1, -0.05) is 23.7 Å². The van der Waals surface area contributed by atoms with E-state index in [0.717, 1.165) is 10.2 Å². The molecule has 10 heteroatoms. The van der Waals surface area contributed by atoms with E-state index < -0.39 is 40.8 Å². The van der Waals surface area contributed by atoms with E-state index in [1.165, 1.54) is 23.3 Å². The molecule has 0 aliphatic rings. The maximum atomic E-state index is 13.0. The molecule has 0 fully saturated rings. The summed E-state index contributed by atoms with van der Waals surface area (Å²) >= 11 is 7.05. The Labute approximate surface area is 167 Å². The van der Waals surface area contributed by atoms with Crippen molar-refractivity contribution in [2.75, 3.05) is 7.05 Å². The average molecular weight is 430 g/mol. The van der Waals surface area contributed by atoms with Crippen LogP contribution < -0.4 is 5.56 Å². The van der Waals surface area contributed by atoms with Crippen molar-refractivity contribution in [3.63, 3.8) is 0 Å². The normalized spacial score (nSPS) is 12.9. The van der Waals surface area contributed by atoms with Gasteiger partial charge in [0.15, 0.2) is 0 Å². The van der Waals surface area contributed by atoms with E-state index in [1.807, 2.05) is 24.3 Å². The van der Waals surface area contributed by atoms with Gasteiger partial charge >= 0.3 is 6.18 Å². The Morgan fingerprint density at radius 2 is 2.04 bits per heavy atom. The zero-order chi connectivity index (χ0) is 20.6. The highest BCUT2D eigenvalue weighted by molar-refractivity contribution is 7.18. The molecule has 28 heavy (non-hydrogen) atoms. The fourth-order valence-corrected chi connectivity index (χ4v) is 3.87. The minimum Gasteiger partial charge on any atom is -0.335 e. The Kier molecular flexibility index (Phi) is 5.49. The molecule has 3 aromatic rings. The SMILES string of the molecule is CC(c1nc2ccccc2s1)N(C)C(=O)Cn1cc(C(F)(F)F)cc(Cl)c1=O. The van der Waals surface area contributed by atoms with Gasteiger partial charge in [0.1, 0.15) is 16.6 Å². The van der Waals surface area contributed by atoms with E-state index in [4.69, 9.17) is 11.6 Å². The van der Waals surface area contributed by atoms with Gasteiger partial charge in [0.05, 0.1) is 21.8 Å². The molecule has 5 nitrogen and oxygen atoms in total. The fraction of sp³-hybridized carbons (Fsp3) is 0.278. The second kappa shape index (κ2) is 7.56. The maximum absolute atomic E-state index is 13.0. The molecule has 2 heterocycles. The minimum absolute atomic E-state index is 0.415. The first-order chi connectivity index (χ1) is 13.1. The Bertz CT molecular complexity index is 1060. The molecular formula is C18H15ClF3N3O2S. The molecule has 1 atom stereocenters. The number of alkyl halides is 3. The quantitative estimate of drug-likeness (QED) is 0.619. The van der Waals surface area contributed by atoms with E-state index in [2.05, 4.69) is 4.98 Å². The summed E-state index contributed by atoms with van der Waals surface area (Å²) in [6.07, 6.45) is -4.08. The van der Waals surface area contributed by atoms with Crippen molar-refractivity contribution < 1.29 is 18.0 Å². The fourth-order valence-electron chi connectivity index (χ4n) is 2.58. The van der Waals surface area contributed by atoms with E-state index in [1.54, 1.807) is 6.92 Å². The molecule has 1 amide bonds. The number of hydrogen-bond acceptors (Lipinski definition) is 4. The van der Waals surface area contributed by atoms with Crippen LogP contribution in [0.15, 0.2) is 41.3 Å². The number of carbonyl (C=O) groups is 1. The van der Waals surface area contributed by atoms with Crippen molar-refractivity contribution in [3.05, 3.63) is 62.5 Å². The van der Waals surface area contributed by atoms with Crippen LogP contribution in [0.2, 0.25) is 5.02 Å². The number of amides is 1. The van der Waals surface area contributed by atoms with Crippen molar-refractivity contribution in [3.8, 4) is 0 Å². The number of nitrogens with zero attached hydrogens (tertiary/aromatic N) is 3. The topological polar surface area (TPSA) is 55.2 Å². The number of hydrogen-bond donors (Lipinski definition) is 0. The maximum Gasteiger partial charge on any atom is 0.417 e. The number of rotatable bonds is 4. The third-order valence-electron chi connectivity index (χ3n) is 4.32. The molecular weight excluding hydrogens is 415 g/mol. The van der Waals surface area contributed by atoms with Crippen molar-refractivity contribution in [2.45, 2.75) is 25.7 Å². The summed E-state index contributed by atoms with van der Waals surface area (Å²) in [5, 5.41) is 0.0935. The van der Waals surface area contributed by atoms with Gasteiger partial charge in [0.25, 0.3) is 5.56 Å². The molecule has 0 spiro atoms. The number of benzene rings is 1. The number of fused-ring (bicyclic) bond motifs is 1. The number of aromatic nitrogens is 2. The van der Waals surface area contributed by atoms with Crippen LogP contribution in [0, 0.1) is 0 Å². The van der Waals surface area contributed by atoms with Gasteiger partial charge in [-0.15, -0.1) is 11.3 Å². The summed E-state index contributed by atoms with van der Waals surface area (Å²) in [6, 6.07) is 7.65. The van der Waals surface area contributed by atoms with Crippen molar-refractivity contribution in [2.24, 2.45) is 0 Å². The molecule has 1 aromatic carbocycles. The van der Waals surface area contributed by atoms with Crippen LogP contribution in [0.4, 0.5) is 13.2 Å². The lowest BCUT2D eigenvalue weighted by Crippen LogP contribution is -2.36. The lowest BCUT2D eigenvalue weighted by Gasteiger charge is -2.24. The largest absolute Gasteiger partial charge is 0.417 e. The third kappa shape index (κ3) is 4.05. The zero-order valence-corrected chi connectivity index (χ0v) is 16.4. The van der Waals surface area contributed by atoms with Gasteiger partial charge in [-0.05, 0) is 25.1 Å². The van der Waals surface area contributed by atoms with Gasteiger partial charge in [-0.2, -0.15) is 13.2 Å². The van der Waals surface area contributed by atoms with Crippen LogP contribution in [0.25, 0.3) is 10.2 Å². The summed E-state index contributed by atoms with van der Waals surface area (Å²) in [7, 11) is 1.51. The number of thiazole rings is 1. The number of para-hydroxylation sites is 1. The molecule has 1 unspecified atom stereocenters. The van der Waals surface area contributed by atoms with Crippen LogP contribution in [-0.4, -0.2) is 27.4 Å². The molecule has 2 aromatic heterocycles. The first-order valence-corrected chi connectivity index (χ1v) is 9.35. The minimum atomic E-state index is -4.68. The predicted octanol–water partition coefficient (Wildman–Crippen LogP) is 4.35. The van der Waals surface area contributed by atoms with Crippen LogP contribution >= 0.6 is 22.9 Å². The zero-order valence-electron chi connectivity index (χ0n) is 14.8. The first-order valence-electron chi connectivity index (χ1n) is 8.16. The van der Waals surface area contributed by atoms with Crippen LogP contribution in [0.3, 0.4) is 0 Å². The number of pyridine rings is 1. The first kappa shape index (κ1) is 20.3. The summed E-state index contributed by atoms with van der Waals surface area (Å²) in [5.74, 6) is -0.538. The molecule has 0 bridgehead atoms. The van der Waals surface area contributed by atoms with Gasteiger partial charge in [0, 0.05) is 13.2 Å². The van der Waals surface area contributed by atoms with E-state index in [0.29, 0.717) is 21.8 Å². The number of likely N-dealkylation sites (N-methyl/N-ethyl adjacent to an activating group) is 1. The highest BCUT2D eigenvalue weighted by atomic mass is 35.5. The number of carbonyl (C=O) groups excluding carboxylic acids is 1. The predicted molar refractivity (Wildman–Crippen MR) is 102 cm³/mol. The Balaban J connectivity index is 1.84. The molecule has 3 rings (SSSR count). The third-order valence-corrected chi connectivity index (χ3v) is 5.79. The Morgan fingerprint density at radius 3 is 2.68 bits per heavy atom. The molecule has 148 valence electrons. The summed E-state index contributed by atoms with van der Waals surface area (Å²) in [6.45, 7) is 1.20. The number of halogens is 4. The lowest BCUT2D eigenvalue weighted by molar-refractivity contribution is -0.138. The Morgan fingerprint density at radius 1 is 1.36 bits per heavy atom. The highest BCUT2D eigenvalue weighted by Gasteiger charge is 2.32. The Hall–Kier alpha value is -2.39. The van der Waals surface area contributed by atoms with Gasteiger partial charge in [-0.3, -0.25) is 9.59 Å². The molecule has 0 radical (unpaired) electrons. The molecule has 0 aliphatic heterocycles. The van der Waals surface area contributed by atoms with Crippen molar-refractivity contribution >= 4 is 39.1 Å². The summed E-state index contributed by atoms with van der Waals surface area (Å²) < 4.78 is 40.5. The van der Waals surface area contributed by atoms with Gasteiger partial charge < -0.3 is 9.47 Å². The van der Waals surface area contributed by atoms with Crippen molar-refractivity contribution in [1.29, 1.82) is 0 Å². The summed E-state index contributed by atoms with van der Waals surface area (Å²) in [4.78, 5) is 30.5. The van der Waals surface area contributed by atoms with Crippen LogP contribution in [-0.2, 0) is 17.5 Å². The molecule has 0 saturated heterocycles. The molecule has 0 saturated carbocycles. The smallest absolute Gasteiger partial charge is 0.335 e. The van der Waals surface area contributed by atoms with E-state index in [-0.39, 0.29) is 0 Å². The highest BCUT2D eigenvalue weighted by Crippen LogP contribution is 2.30. The standard InChI is InChI=1S/C18H15ClF3N3O2S/c1-10(16-23-13-5-3-4-6-14(13)28-16)24(2)15(26)9-25-8-11(18(20,21)22)7-12(19)17(25)27/h3-8,10H,9H2,1-2H3. The van der Waals surface area contributed by atoms with Gasteiger partial charge in [-0.25, -0.2) is 4.98 Å². The van der Waals surface area contributed by atoms with Gasteiger partial charge in [0.2, 0.25) is 5.91 Å². The van der Waals surface area contributed by atoms with E-state index in [9.17, 15) is 22.8 Å². The van der Waals surface area contributed by atoms with Crippen LogP contribution in [0.5, 0.6) is 0 Å². The summed E-state index contributed by atoms with van der Waals surface area (Å²) in [5.41, 5.74) is -1.15. The molecule has 0 N–H and O–H groups in total. The second-order valence-electron chi connectivity index (χ2n) is 6.21. The monoisotopic (exact) mass is 429 g/mol. The van der Waals surface area contributed by atoms with Crippen LogP contribution in [0.1, 0.15) is 23.5 Å². The molecule has 0 aliphatic carbocycles. The average Bonchev–Trinajstić information content (AvgIpc) is 3.07. The lowest BCUT2D eigenvalue weighted by atomic mass is 10.2. The second-order valence-corrected chi connectivity index (χ2v) is 7.68.